The number of rotatable bonds is 5. The van der Waals surface area contributed by atoms with E-state index in [1.165, 1.54) is 12.1 Å². The number of ether oxygens (including phenoxy) is 3. The molecule has 0 saturated carbocycles. The fourth-order valence-corrected chi connectivity index (χ4v) is 3.04. The molecule has 1 amide bonds. The molecule has 136 valence electrons. The van der Waals surface area contributed by atoms with Gasteiger partial charge in [-0.25, -0.2) is 8.78 Å². The number of carbonyl (C=O) groups excluding carboxylic acids is 2. The maximum Gasteiger partial charge on any atom is 0.290 e. The number of hydrogen-bond acceptors (Lipinski definition) is 5. The lowest BCUT2D eigenvalue weighted by Gasteiger charge is -2.39. The van der Waals surface area contributed by atoms with Crippen molar-refractivity contribution in [2.24, 2.45) is 0 Å². The summed E-state index contributed by atoms with van der Waals surface area (Å²) in [6, 6.07) is 6.00. The lowest BCUT2D eigenvalue weighted by atomic mass is 9.97. The van der Waals surface area contributed by atoms with Gasteiger partial charge in [0.25, 0.3) is 11.8 Å². The minimum Gasteiger partial charge on any atom is -0.371 e. The average molecular weight is 355 g/mol. The molecule has 6 nitrogen and oxygen atoms in total. The lowest BCUT2D eigenvalue weighted by Crippen LogP contribution is -2.53. The highest BCUT2D eigenvalue weighted by Crippen LogP contribution is 2.38. The van der Waals surface area contributed by atoms with E-state index in [1.54, 1.807) is 12.1 Å². The highest BCUT2D eigenvalue weighted by molar-refractivity contribution is 6.01. The van der Waals surface area contributed by atoms with Gasteiger partial charge in [0.15, 0.2) is 12.1 Å². The van der Waals surface area contributed by atoms with Crippen LogP contribution in [0, 0.1) is 0 Å². The summed E-state index contributed by atoms with van der Waals surface area (Å²) in [4.78, 5) is 23.1. The van der Waals surface area contributed by atoms with Crippen molar-refractivity contribution in [3.8, 4) is 0 Å². The van der Waals surface area contributed by atoms with Crippen molar-refractivity contribution in [1.29, 1.82) is 0 Å². The summed E-state index contributed by atoms with van der Waals surface area (Å²) in [5.41, 5.74) is 0.195. The van der Waals surface area contributed by atoms with Crippen LogP contribution in [0.2, 0.25) is 0 Å². The van der Waals surface area contributed by atoms with Crippen molar-refractivity contribution in [1.82, 2.24) is 5.32 Å². The lowest BCUT2D eigenvalue weighted by molar-refractivity contribution is -0.255. The Kier molecular flexibility index (Phi) is 5.12. The van der Waals surface area contributed by atoms with Gasteiger partial charge in [-0.15, -0.1) is 0 Å². The number of alkyl halides is 2. The Morgan fingerprint density at radius 3 is 2.72 bits per heavy atom. The number of nitrogens with one attached hydrogen (secondary N) is 1. The van der Waals surface area contributed by atoms with E-state index in [0.717, 1.165) is 0 Å². The van der Waals surface area contributed by atoms with Gasteiger partial charge in [0, 0.05) is 24.0 Å². The quantitative estimate of drug-likeness (QED) is 0.815. The van der Waals surface area contributed by atoms with E-state index in [9.17, 15) is 18.4 Å². The van der Waals surface area contributed by atoms with Crippen molar-refractivity contribution in [3.63, 3.8) is 0 Å². The van der Waals surface area contributed by atoms with Crippen LogP contribution in [0.4, 0.5) is 8.78 Å². The average Bonchev–Trinajstić information content (AvgIpc) is 3.07. The molecule has 2 aliphatic heterocycles. The van der Waals surface area contributed by atoms with Crippen LogP contribution in [0.3, 0.4) is 0 Å². The summed E-state index contributed by atoms with van der Waals surface area (Å²) in [5, 5.41) is 2.18. The SMILES string of the molecule is O=Cc1ccccc1C(=O)NCC(F)(F)C1CC2(CCO1)OCCO2. The van der Waals surface area contributed by atoms with E-state index in [2.05, 4.69) is 5.32 Å². The molecular formula is C17H19F2NO5. The Labute approximate surface area is 143 Å². The normalized spacial score (nSPS) is 22.7. The summed E-state index contributed by atoms with van der Waals surface area (Å²) >= 11 is 0. The predicted octanol–water partition coefficient (Wildman–Crippen LogP) is 1.79. The molecule has 1 N–H and O–H groups in total. The molecule has 0 aromatic heterocycles. The molecule has 1 unspecified atom stereocenters. The molecule has 2 heterocycles. The molecule has 3 rings (SSSR count). The summed E-state index contributed by atoms with van der Waals surface area (Å²) in [6.07, 6.45) is -0.601. The van der Waals surface area contributed by atoms with Gasteiger partial charge in [0.2, 0.25) is 0 Å². The molecule has 25 heavy (non-hydrogen) atoms. The van der Waals surface area contributed by atoms with Gasteiger partial charge >= 0.3 is 0 Å². The Balaban J connectivity index is 1.63. The third kappa shape index (κ3) is 3.86. The third-order valence-electron chi connectivity index (χ3n) is 4.40. The first-order valence-electron chi connectivity index (χ1n) is 8.05. The van der Waals surface area contributed by atoms with Gasteiger partial charge in [-0.1, -0.05) is 18.2 Å². The number of halogens is 2. The molecule has 2 fully saturated rings. The molecule has 2 aliphatic rings. The molecule has 1 aromatic rings. The van der Waals surface area contributed by atoms with Crippen LogP contribution in [-0.2, 0) is 14.2 Å². The molecule has 1 spiro atoms. The minimum absolute atomic E-state index is 0.0526. The Morgan fingerprint density at radius 1 is 1.28 bits per heavy atom. The second-order valence-corrected chi connectivity index (χ2v) is 6.07. The Hall–Kier alpha value is -1.90. The number of aldehydes is 1. The van der Waals surface area contributed by atoms with Gasteiger partial charge in [-0.05, 0) is 6.07 Å². The van der Waals surface area contributed by atoms with Gasteiger partial charge in [0.1, 0.15) is 6.10 Å². The van der Waals surface area contributed by atoms with Crippen LogP contribution in [0.25, 0.3) is 0 Å². The molecule has 2 saturated heterocycles. The monoisotopic (exact) mass is 355 g/mol. The smallest absolute Gasteiger partial charge is 0.290 e. The van der Waals surface area contributed by atoms with E-state index in [1.807, 2.05) is 0 Å². The van der Waals surface area contributed by atoms with Crippen molar-refractivity contribution in [2.75, 3.05) is 26.4 Å². The molecule has 8 heteroatoms. The first-order chi connectivity index (χ1) is 12.0. The van der Waals surface area contributed by atoms with Crippen molar-refractivity contribution >= 4 is 12.2 Å². The zero-order valence-electron chi connectivity index (χ0n) is 13.5. The third-order valence-corrected chi connectivity index (χ3v) is 4.40. The molecular weight excluding hydrogens is 336 g/mol. The summed E-state index contributed by atoms with van der Waals surface area (Å²) in [7, 11) is 0. The van der Waals surface area contributed by atoms with Crippen molar-refractivity contribution in [3.05, 3.63) is 35.4 Å². The predicted molar refractivity (Wildman–Crippen MR) is 82.7 cm³/mol. The van der Waals surface area contributed by atoms with Crippen molar-refractivity contribution < 1.29 is 32.6 Å². The largest absolute Gasteiger partial charge is 0.371 e. The highest BCUT2D eigenvalue weighted by Gasteiger charge is 2.51. The minimum atomic E-state index is -3.30. The second-order valence-electron chi connectivity index (χ2n) is 6.07. The zero-order chi connectivity index (χ0) is 17.9. The van der Waals surface area contributed by atoms with Gasteiger partial charge < -0.3 is 19.5 Å². The summed E-state index contributed by atoms with van der Waals surface area (Å²) in [6.45, 7) is -0.0586. The fourth-order valence-electron chi connectivity index (χ4n) is 3.04. The molecule has 0 aliphatic carbocycles. The molecule has 1 aromatic carbocycles. The van der Waals surface area contributed by atoms with Crippen LogP contribution in [-0.4, -0.2) is 56.4 Å². The van der Waals surface area contributed by atoms with Gasteiger partial charge in [0.05, 0.1) is 26.4 Å². The first-order valence-corrected chi connectivity index (χ1v) is 8.05. The standard InChI is InChI=1S/C17H19F2NO5/c18-17(19,14-9-16(5-6-23-14)24-7-8-25-16)11-20-15(22)13-4-2-1-3-12(13)10-21/h1-4,10,14H,5-9,11H2,(H,20,22). The summed E-state index contributed by atoms with van der Waals surface area (Å²) < 4.78 is 45.1. The maximum atomic E-state index is 14.5. The Bertz CT molecular complexity index is 646. The fraction of sp³-hybridized carbons (Fsp3) is 0.529. The van der Waals surface area contributed by atoms with E-state index < -0.39 is 30.3 Å². The Morgan fingerprint density at radius 2 is 2.00 bits per heavy atom. The maximum absolute atomic E-state index is 14.5. The number of hydrogen-bond donors (Lipinski definition) is 1. The van der Waals surface area contributed by atoms with E-state index in [4.69, 9.17) is 14.2 Å². The van der Waals surface area contributed by atoms with Crippen LogP contribution in [0.15, 0.2) is 24.3 Å². The molecule has 0 radical (unpaired) electrons. The zero-order valence-corrected chi connectivity index (χ0v) is 13.5. The second kappa shape index (κ2) is 7.15. The van der Waals surface area contributed by atoms with Crippen LogP contribution in [0.5, 0.6) is 0 Å². The van der Waals surface area contributed by atoms with E-state index >= 15 is 0 Å². The highest BCUT2D eigenvalue weighted by atomic mass is 19.3. The van der Waals surface area contributed by atoms with Gasteiger partial charge in [-0.2, -0.15) is 0 Å². The van der Waals surface area contributed by atoms with Crippen LogP contribution in [0.1, 0.15) is 33.6 Å². The number of carbonyl (C=O) groups is 2. The molecule has 1 atom stereocenters. The first kappa shape index (κ1) is 17.9. The van der Waals surface area contributed by atoms with Crippen LogP contribution >= 0.6 is 0 Å². The van der Waals surface area contributed by atoms with E-state index in [0.29, 0.717) is 25.9 Å². The summed E-state index contributed by atoms with van der Waals surface area (Å²) in [5.74, 6) is -5.05. The number of amides is 1. The van der Waals surface area contributed by atoms with E-state index in [-0.39, 0.29) is 24.2 Å². The topological polar surface area (TPSA) is 73.9 Å². The number of benzene rings is 1. The molecule has 0 bridgehead atoms. The van der Waals surface area contributed by atoms with Crippen LogP contribution < -0.4 is 5.32 Å². The van der Waals surface area contributed by atoms with Gasteiger partial charge in [-0.3, -0.25) is 9.59 Å². The van der Waals surface area contributed by atoms with Crippen molar-refractivity contribution in [2.45, 2.75) is 30.7 Å².